The van der Waals surface area contributed by atoms with Gasteiger partial charge in [-0.1, -0.05) is 48.5 Å². The molecule has 0 saturated heterocycles. The lowest BCUT2D eigenvalue weighted by Gasteiger charge is -2.28. The third-order valence-electron chi connectivity index (χ3n) is 5.30. The van der Waals surface area contributed by atoms with Gasteiger partial charge in [0.1, 0.15) is 0 Å². The van der Waals surface area contributed by atoms with Crippen LogP contribution in [0.1, 0.15) is 29.9 Å². The fourth-order valence-electron chi connectivity index (χ4n) is 4.14. The lowest BCUT2D eigenvalue weighted by atomic mass is 9.74. The van der Waals surface area contributed by atoms with Gasteiger partial charge in [-0.3, -0.25) is 9.59 Å². The third kappa shape index (κ3) is 2.54. The second-order valence-corrected chi connectivity index (χ2v) is 6.71. The lowest BCUT2D eigenvalue weighted by molar-refractivity contribution is -0.155. The third-order valence-corrected chi connectivity index (χ3v) is 5.30. The van der Waals surface area contributed by atoms with Crippen molar-refractivity contribution in [3.63, 3.8) is 0 Å². The minimum absolute atomic E-state index is 0.477. The number of benzene rings is 3. The fourth-order valence-corrected chi connectivity index (χ4v) is 4.14. The van der Waals surface area contributed by atoms with E-state index in [0.717, 1.165) is 45.5 Å². The van der Waals surface area contributed by atoms with Gasteiger partial charge < -0.3 is 10.2 Å². The van der Waals surface area contributed by atoms with Gasteiger partial charge in [0.05, 0.1) is 0 Å². The van der Waals surface area contributed by atoms with Gasteiger partial charge in [-0.25, -0.2) is 0 Å². The second kappa shape index (κ2) is 5.88. The van der Waals surface area contributed by atoms with E-state index in [1.807, 2.05) is 30.3 Å². The summed E-state index contributed by atoms with van der Waals surface area (Å²) < 4.78 is 0. The van der Waals surface area contributed by atoms with E-state index in [-0.39, 0.29) is 0 Å². The summed E-state index contributed by atoms with van der Waals surface area (Å²) in [5.74, 6) is -4.39. The van der Waals surface area contributed by atoms with Crippen LogP contribution in [0.4, 0.5) is 0 Å². The van der Waals surface area contributed by atoms with E-state index in [4.69, 9.17) is 0 Å². The van der Waals surface area contributed by atoms with E-state index in [1.165, 1.54) is 0 Å². The molecule has 4 heteroatoms. The maximum atomic E-state index is 11.5. The summed E-state index contributed by atoms with van der Waals surface area (Å²) in [7, 11) is 0. The zero-order chi connectivity index (χ0) is 17.6. The zero-order valence-electron chi connectivity index (χ0n) is 13.6. The van der Waals surface area contributed by atoms with E-state index in [1.54, 1.807) is 0 Å². The Kier molecular flexibility index (Phi) is 3.68. The molecule has 1 aliphatic carbocycles. The Morgan fingerprint density at radius 3 is 2.40 bits per heavy atom. The highest BCUT2D eigenvalue weighted by atomic mass is 16.4. The standard InChI is InChI=1S/C21H18O4/c22-20(23)19(21(24)25)16-7-3-5-13-10-17-14(11-18(13)16)9-8-12-4-1-2-6-15(12)17/h1-2,4,6,8-11,16,19H,3,5,7H2,(H,22,23)(H,24,25). The fraction of sp³-hybridized carbons (Fsp3) is 0.238. The molecule has 0 aromatic heterocycles. The van der Waals surface area contributed by atoms with Crippen molar-refractivity contribution in [3.8, 4) is 0 Å². The number of hydrogen-bond acceptors (Lipinski definition) is 2. The van der Waals surface area contributed by atoms with Gasteiger partial charge in [0.15, 0.2) is 5.92 Å². The quantitative estimate of drug-likeness (QED) is 0.556. The summed E-state index contributed by atoms with van der Waals surface area (Å²) in [4.78, 5) is 23.0. The molecule has 4 rings (SSSR count). The largest absolute Gasteiger partial charge is 0.481 e. The van der Waals surface area contributed by atoms with Crippen molar-refractivity contribution in [1.29, 1.82) is 0 Å². The molecular weight excluding hydrogens is 316 g/mol. The predicted octanol–water partition coefficient (Wildman–Crippen LogP) is 4.20. The van der Waals surface area contributed by atoms with Crippen LogP contribution >= 0.6 is 0 Å². The van der Waals surface area contributed by atoms with E-state index in [9.17, 15) is 19.8 Å². The molecule has 2 N–H and O–H groups in total. The van der Waals surface area contributed by atoms with Crippen LogP contribution in [0.5, 0.6) is 0 Å². The summed E-state index contributed by atoms with van der Waals surface area (Å²) >= 11 is 0. The molecule has 0 heterocycles. The highest BCUT2D eigenvalue weighted by Gasteiger charge is 2.38. The van der Waals surface area contributed by atoms with Crippen molar-refractivity contribution >= 4 is 33.5 Å². The number of carboxylic acids is 2. The Balaban J connectivity index is 1.93. The van der Waals surface area contributed by atoms with Gasteiger partial charge in [-0.2, -0.15) is 0 Å². The molecule has 0 radical (unpaired) electrons. The summed E-state index contributed by atoms with van der Waals surface area (Å²) in [5.41, 5.74) is 1.96. The Hall–Kier alpha value is -2.88. The molecule has 3 aromatic rings. The predicted molar refractivity (Wildman–Crippen MR) is 95.9 cm³/mol. The summed E-state index contributed by atoms with van der Waals surface area (Å²) in [6.07, 6.45) is 2.26. The Morgan fingerprint density at radius 2 is 1.64 bits per heavy atom. The first-order valence-electron chi connectivity index (χ1n) is 8.46. The van der Waals surface area contributed by atoms with Crippen molar-refractivity contribution in [3.05, 3.63) is 59.7 Å². The minimum atomic E-state index is -1.39. The van der Waals surface area contributed by atoms with Crippen LogP contribution in [0.15, 0.2) is 48.5 Å². The topological polar surface area (TPSA) is 74.6 Å². The van der Waals surface area contributed by atoms with Gasteiger partial charge in [0.25, 0.3) is 0 Å². The second-order valence-electron chi connectivity index (χ2n) is 6.71. The molecule has 0 spiro atoms. The number of aliphatic carboxylic acids is 2. The van der Waals surface area contributed by atoms with E-state index >= 15 is 0 Å². The van der Waals surface area contributed by atoms with Gasteiger partial charge in [-0.05, 0) is 51.9 Å². The van der Waals surface area contributed by atoms with Crippen molar-refractivity contribution in [2.45, 2.75) is 25.2 Å². The van der Waals surface area contributed by atoms with Crippen LogP contribution in [0.2, 0.25) is 0 Å². The number of fused-ring (bicyclic) bond motifs is 4. The zero-order valence-corrected chi connectivity index (χ0v) is 13.6. The van der Waals surface area contributed by atoms with Gasteiger partial charge in [-0.15, -0.1) is 0 Å². The molecule has 0 aliphatic heterocycles. The van der Waals surface area contributed by atoms with Gasteiger partial charge >= 0.3 is 11.9 Å². The lowest BCUT2D eigenvalue weighted by Crippen LogP contribution is -2.32. The van der Waals surface area contributed by atoms with Crippen molar-refractivity contribution in [1.82, 2.24) is 0 Å². The van der Waals surface area contributed by atoms with Gasteiger partial charge in [0.2, 0.25) is 0 Å². The van der Waals surface area contributed by atoms with Crippen LogP contribution < -0.4 is 0 Å². The summed E-state index contributed by atoms with van der Waals surface area (Å²) in [6, 6.07) is 16.4. The Labute approximate surface area is 144 Å². The molecule has 0 amide bonds. The molecule has 3 aromatic carbocycles. The van der Waals surface area contributed by atoms with Crippen LogP contribution in [-0.4, -0.2) is 22.2 Å². The maximum Gasteiger partial charge on any atom is 0.318 e. The van der Waals surface area contributed by atoms with Crippen molar-refractivity contribution < 1.29 is 19.8 Å². The minimum Gasteiger partial charge on any atom is -0.481 e. The number of carboxylic acid groups (broad SMARTS) is 2. The van der Waals surface area contributed by atoms with Crippen LogP contribution in [-0.2, 0) is 16.0 Å². The number of carbonyl (C=O) groups is 2. The van der Waals surface area contributed by atoms with E-state index in [0.29, 0.717) is 6.42 Å². The Bertz CT molecular complexity index is 991. The smallest absolute Gasteiger partial charge is 0.318 e. The highest BCUT2D eigenvalue weighted by molar-refractivity contribution is 6.08. The molecule has 0 fully saturated rings. The SMILES string of the molecule is O=C(O)C(C(=O)O)C1CCCc2cc3c(ccc4ccccc43)cc21. The summed E-state index contributed by atoms with van der Waals surface area (Å²) in [5, 5.41) is 23.3. The number of rotatable bonds is 3. The van der Waals surface area contributed by atoms with Crippen LogP contribution in [0.3, 0.4) is 0 Å². The van der Waals surface area contributed by atoms with E-state index < -0.39 is 23.8 Å². The van der Waals surface area contributed by atoms with Crippen molar-refractivity contribution in [2.75, 3.05) is 0 Å². The van der Waals surface area contributed by atoms with Crippen LogP contribution in [0.25, 0.3) is 21.5 Å². The average Bonchev–Trinajstić information content (AvgIpc) is 2.60. The molecule has 1 unspecified atom stereocenters. The van der Waals surface area contributed by atoms with Crippen molar-refractivity contribution in [2.24, 2.45) is 5.92 Å². The monoisotopic (exact) mass is 334 g/mol. The molecule has 0 bridgehead atoms. The number of aryl methyl sites for hydroxylation is 1. The molecule has 4 nitrogen and oxygen atoms in total. The molecule has 1 atom stereocenters. The first-order valence-corrected chi connectivity index (χ1v) is 8.46. The first-order chi connectivity index (χ1) is 12.1. The normalized spacial score (nSPS) is 16.9. The molecular formula is C21H18O4. The number of hydrogen-bond donors (Lipinski definition) is 2. The molecule has 0 saturated carbocycles. The van der Waals surface area contributed by atoms with E-state index in [2.05, 4.69) is 18.2 Å². The summed E-state index contributed by atoms with van der Waals surface area (Å²) in [6.45, 7) is 0. The maximum absolute atomic E-state index is 11.5. The molecule has 126 valence electrons. The molecule has 1 aliphatic rings. The Morgan fingerprint density at radius 1 is 0.920 bits per heavy atom. The highest BCUT2D eigenvalue weighted by Crippen LogP contribution is 2.40. The first kappa shape index (κ1) is 15.6. The average molecular weight is 334 g/mol. The molecule has 25 heavy (non-hydrogen) atoms. The van der Waals surface area contributed by atoms with Gasteiger partial charge in [0, 0.05) is 5.92 Å². The van der Waals surface area contributed by atoms with Crippen LogP contribution in [0, 0.1) is 5.92 Å².